The predicted octanol–water partition coefficient (Wildman–Crippen LogP) is 4.30. The quantitative estimate of drug-likeness (QED) is 0.531. The van der Waals surface area contributed by atoms with Crippen molar-refractivity contribution in [2.24, 2.45) is 0 Å². The van der Waals surface area contributed by atoms with Gasteiger partial charge in [0, 0.05) is 16.1 Å². The molecule has 4 rings (SSSR count). The summed E-state index contributed by atoms with van der Waals surface area (Å²) in [6, 6.07) is 20.9. The lowest BCUT2D eigenvalue weighted by molar-refractivity contribution is -0.116. The molecule has 0 saturated heterocycles. The molecule has 0 saturated carbocycles. The van der Waals surface area contributed by atoms with Gasteiger partial charge in [-0.05, 0) is 35.7 Å². The van der Waals surface area contributed by atoms with Crippen LogP contribution in [-0.2, 0) is 17.9 Å². The summed E-state index contributed by atoms with van der Waals surface area (Å²) in [4.78, 5) is 12.1. The lowest BCUT2D eigenvalue weighted by Gasteiger charge is -2.07. The highest BCUT2D eigenvalue weighted by molar-refractivity contribution is 6.30. The number of carbonyl (C=O) groups is 1. The number of nitrogens with zero attached hydrogens (tertiary/aromatic N) is 3. The summed E-state index contributed by atoms with van der Waals surface area (Å²) in [6.07, 6.45) is 1.70. The molecule has 0 aliphatic heterocycles. The maximum Gasteiger partial charge on any atom is 0.246 e. The van der Waals surface area contributed by atoms with Gasteiger partial charge in [0.15, 0.2) is 0 Å². The summed E-state index contributed by atoms with van der Waals surface area (Å²) in [6.45, 7) is 0.330. The van der Waals surface area contributed by atoms with E-state index in [0.29, 0.717) is 16.4 Å². The SMILES string of the molecule is O=C(Cn1cc(COc2cccc3ccccc23)nn1)Nc1ccc(Cl)cc1. The van der Waals surface area contributed by atoms with Gasteiger partial charge in [-0.25, -0.2) is 4.68 Å². The molecule has 7 heteroatoms. The Morgan fingerprint density at radius 2 is 1.82 bits per heavy atom. The Morgan fingerprint density at radius 1 is 1.04 bits per heavy atom. The fourth-order valence-corrected chi connectivity index (χ4v) is 2.96. The number of hydrogen-bond donors (Lipinski definition) is 1. The largest absolute Gasteiger partial charge is 0.487 e. The number of hydrogen-bond acceptors (Lipinski definition) is 4. The van der Waals surface area contributed by atoms with Crippen LogP contribution in [0.25, 0.3) is 10.8 Å². The molecule has 0 atom stereocenters. The van der Waals surface area contributed by atoms with Gasteiger partial charge in [0.05, 0.1) is 6.20 Å². The van der Waals surface area contributed by atoms with Gasteiger partial charge in [0.25, 0.3) is 0 Å². The Bertz CT molecular complexity index is 1100. The van der Waals surface area contributed by atoms with Crippen LogP contribution in [0.4, 0.5) is 5.69 Å². The topological polar surface area (TPSA) is 69.0 Å². The van der Waals surface area contributed by atoms with Gasteiger partial charge in [0.1, 0.15) is 24.6 Å². The van der Waals surface area contributed by atoms with Crippen molar-refractivity contribution >= 4 is 34.0 Å². The number of ether oxygens (including phenoxy) is 1. The first-order chi connectivity index (χ1) is 13.7. The second kappa shape index (κ2) is 8.10. The van der Waals surface area contributed by atoms with Crippen LogP contribution in [0.3, 0.4) is 0 Å². The fourth-order valence-electron chi connectivity index (χ4n) is 2.84. The van der Waals surface area contributed by atoms with Gasteiger partial charge in [-0.3, -0.25) is 4.79 Å². The van der Waals surface area contributed by atoms with Crippen LogP contribution >= 0.6 is 11.6 Å². The zero-order valence-electron chi connectivity index (χ0n) is 14.9. The predicted molar refractivity (Wildman–Crippen MR) is 108 cm³/mol. The first-order valence-electron chi connectivity index (χ1n) is 8.72. The summed E-state index contributed by atoms with van der Waals surface area (Å²) in [5, 5.41) is 13.6. The monoisotopic (exact) mass is 392 g/mol. The van der Waals surface area contributed by atoms with Crippen LogP contribution in [0.1, 0.15) is 5.69 Å². The van der Waals surface area contributed by atoms with Crippen LogP contribution < -0.4 is 10.1 Å². The van der Waals surface area contributed by atoms with E-state index in [1.807, 2.05) is 42.5 Å². The van der Waals surface area contributed by atoms with Crippen LogP contribution in [0, 0.1) is 0 Å². The molecule has 3 aromatic carbocycles. The number of rotatable bonds is 6. The molecule has 0 radical (unpaired) electrons. The maximum absolute atomic E-state index is 12.1. The van der Waals surface area contributed by atoms with E-state index < -0.39 is 0 Å². The third-order valence-corrected chi connectivity index (χ3v) is 4.40. The molecule has 1 aromatic heterocycles. The number of amides is 1. The molecule has 0 spiro atoms. The average Bonchev–Trinajstić information content (AvgIpc) is 3.15. The highest BCUT2D eigenvalue weighted by atomic mass is 35.5. The molecular formula is C21H17ClN4O2. The molecule has 0 fully saturated rings. The van der Waals surface area contributed by atoms with E-state index in [2.05, 4.69) is 15.6 Å². The Balaban J connectivity index is 1.36. The summed E-state index contributed by atoms with van der Waals surface area (Å²) >= 11 is 5.84. The standard InChI is InChI=1S/C21H17ClN4O2/c22-16-8-10-17(11-9-16)23-21(27)13-26-12-18(24-25-26)14-28-20-7-3-5-15-4-1-2-6-19(15)20/h1-12H,13-14H2,(H,23,27). The minimum Gasteiger partial charge on any atom is -0.487 e. The van der Waals surface area contributed by atoms with E-state index >= 15 is 0 Å². The van der Waals surface area contributed by atoms with Crippen molar-refractivity contribution in [1.82, 2.24) is 15.0 Å². The van der Waals surface area contributed by atoms with Crippen molar-refractivity contribution in [3.8, 4) is 5.75 Å². The van der Waals surface area contributed by atoms with Crippen LogP contribution in [-0.4, -0.2) is 20.9 Å². The van der Waals surface area contributed by atoms with Crippen molar-refractivity contribution < 1.29 is 9.53 Å². The molecular weight excluding hydrogens is 376 g/mol. The average molecular weight is 393 g/mol. The molecule has 1 heterocycles. The van der Waals surface area contributed by atoms with Crippen LogP contribution in [0.15, 0.2) is 72.9 Å². The molecule has 6 nitrogen and oxygen atoms in total. The first kappa shape index (κ1) is 18.0. The number of aromatic nitrogens is 3. The van der Waals surface area contributed by atoms with Crippen molar-refractivity contribution in [1.29, 1.82) is 0 Å². The summed E-state index contributed by atoms with van der Waals surface area (Å²) in [5.74, 6) is 0.585. The molecule has 4 aromatic rings. The highest BCUT2D eigenvalue weighted by Crippen LogP contribution is 2.25. The zero-order valence-corrected chi connectivity index (χ0v) is 15.6. The smallest absolute Gasteiger partial charge is 0.246 e. The lowest BCUT2D eigenvalue weighted by Crippen LogP contribution is -2.19. The molecule has 0 aliphatic rings. The van der Waals surface area contributed by atoms with Crippen LogP contribution in [0.2, 0.25) is 5.02 Å². The Kier molecular flexibility index (Phi) is 5.21. The number of halogens is 1. The molecule has 28 heavy (non-hydrogen) atoms. The number of benzene rings is 3. The first-order valence-corrected chi connectivity index (χ1v) is 9.10. The van der Waals surface area contributed by atoms with Gasteiger partial charge in [-0.15, -0.1) is 5.10 Å². The molecule has 140 valence electrons. The minimum absolute atomic E-state index is 0.0594. The van der Waals surface area contributed by atoms with Crippen molar-refractivity contribution in [2.45, 2.75) is 13.2 Å². The highest BCUT2D eigenvalue weighted by Gasteiger charge is 2.08. The van der Waals surface area contributed by atoms with Crippen molar-refractivity contribution in [3.05, 3.63) is 83.6 Å². The molecule has 1 amide bonds. The van der Waals surface area contributed by atoms with E-state index in [-0.39, 0.29) is 19.1 Å². The van der Waals surface area contributed by atoms with Gasteiger partial charge in [-0.2, -0.15) is 0 Å². The van der Waals surface area contributed by atoms with Gasteiger partial charge in [-0.1, -0.05) is 53.2 Å². The summed E-state index contributed by atoms with van der Waals surface area (Å²) < 4.78 is 7.38. The van der Waals surface area contributed by atoms with E-state index in [1.165, 1.54) is 4.68 Å². The van der Waals surface area contributed by atoms with E-state index in [1.54, 1.807) is 30.5 Å². The molecule has 0 unspecified atom stereocenters. The molecule has 0 bridgehead atoms. The Hall–Kier alpha value is -3.38. The second-order valence-corrected chi connectivity index (χ2v) is 6.66. The van der Waals surface area contributed by atoms with Crippen molar-refractivity contribution in [3.63, 3.8) is 0 Å². The summed E-state index contributed by atoms with van der Waals surface area (Å²) in [7, 11) is 0. The van der Waals surface area contributed by atoms with Crippen molar-refractivity contribution in [2.75, 3.05) is 5.32 Å². The number of anilines is 1. The second-order valence-electron chi connectivity index (χ2n) is 6.23. The Morgan fingerprint density at radius 3 is 2.68 bits per heavy atom. The van der Waals surface area contributed by atoms with E-state index in [0.717, 1.165) is 16.5 Å². The van der Waals surface area contributed by atoms with E-state index in [9.17, 15) is 4.79 Å². The van der Waals surface area contributed by atoms with Crippen LogP contribution in [0.5, 0.6) is 5.75 Å². The Labute approximate surface area is 166 Å². The number of fused-ring (bicyclic) bond motifs is 1. The fraction of sp³-hybridized carbons (Fsp3) is 0.0952. The zero-order chi connectivity index (χ0) is 19.3. The summed E-state index contributed by atoms with van der Waals surface area (Å²) in [5.41, 5.74) is 1.32. The van der Waals surface area contributed by atoms with Gasteiger partial charge < -0.3 is 10.1 Å². The normalized spacial score (nSPS) is 10.8. The van der Waals surface area contributed by atoms with E-state index in [4.69, 9.17) is 16.3 Å². The molecule has 1 N–H and O–H groups in total. The molecule has 0 aliphatic carbocycles. The maximum atomic E-state index is 12.1. The lowest BCUT2D eigenvalue weighted by atomic mass is 10.1. The van der Waals surface area contributed by atoms with Gasteiger partial charge in [0.2, 0.25) is 5.91 Å². The number of nitrogens with one attached hydrogen (secondary N) is 1. The van der Waals surface area contributed by atoms with Gasteiger partial charge >= 0.3 is 0 Å². The third kappa shape index (κ3) is 4.29. The third-order valence-electron chi connectivity index (χ3n) is 4.14. The number of carbonyl (C=O) groups excluding carboxylic acids is 1. The minimum atomic E-state index is -0.200.